The monoisotopic (exact) mass is 627 g/mol. The van der Waals surface area contributed by atoms with E-state index < -0.39 is 5.41 Å². The maximum absolute atomic E-state index is 13.4. The molecule has 0 fully saturated rings. The molecule has 0 saturated heterocycles. The Balaban J connectivity index is 1.27. The number of fused-ring (bicyclic) bond motifs is 12. The Hall–Kier alpha value is -6.32. The number of nitrogens with zero attached hydrogens (tertiary/aromatic N) is 1. The van der Waals surface area contributed by atoms with E-state index in [9.17, 15) is 9.59 Å². The van der Waals surface area contributed by atoms with Crippen LogP contribution in [0, 0.1) is 6.92 Å². The number of hydrogen-bond acceptors (Lipinski definition) is 3. The molecule has 3 nitrogen and oxygen atoms in total. The number of hydrogen-bond donors (Lipinski definition) is 0. The Kier molecular flexibility index (Phi) is 5.72. The second kappa shape index (κ2) is 10.1. The van der Waals surface area contributed by atoms with Gasteiger partial charge in [-0.1, -0.05) is 121 Å². The van der Waals surface area contributed by atoms with Gasteiger partial charge in [0.25, 0.3) is 0 Å². The van der Waals surface area contributed by atoms with E-state index in [-0.39, 0.29) is 17.1 Å². The number of Topliss-reactive ketones (excluding diaryl/α,β-unsaturated/α-hetero) is 2. The van der Waals surface area contributed by atoms with Crippen molar-refractivity contribution in [3.05, 3.63) is 202 Å². The second-order valence-electron chi connectivity index (χ2n) is 13.2. The first-order chi connectivity index (χ1) is 24.1. The van der Waals surface area contributed by atoms with Gasteiger partial charge in [0.15, 0.2) is 11.6 Å². The summed E-state index contributed by atoms with van der Waals surface area (Å²) in [6, 6.07) is 53.3. The normalized spacial score (nSPS) is 15.7. The zero-order valence-electron chi connectivity index (χ0n) is 26.8. The average molecular weight is 628 g/mol. The summed E-state index contributed by atoms with van der Waals surface area (Å²) in [6.45, 7) is 1.94. The molecule has 0 atom stereocenters. The molecular weight excluding hydrogens is 599 g/mol. The van der Waals surface area contributed by atoms with Crippen molar-refractivity contribution in [2.45, 2.75) is 12.3 Å². The number of allylic oxidation sites excluding steroid dienone is 1. The van der Waals surface area contributed by atoms with E-state index >= 15 is 0 Å². The fourth-order valence-electron chi connectivity index (χ4n) is 8.64. The van der Waals surface area contributed by atoms with E-state index in [1.54, 1.807) is 12.1 Å². The highest BCUT2D eigenvalue weighted by atomic mass is 16.2. The quantitative estimate of drug-likeness (QED) is 0.141. The van der Waals surface area contributed by atoms with Gasteiger partial charge >= 0.3 is 0 Å². The third kappa shape index (κ3) is 3.67. The van der Waals surface area contributed by atoms with E-state index in [1.807, 2.05) is 19.1 Å². The largest absolute Gasteiger partial charge is 0.310 e. The van der Waals surface area contributed by atoms with Gasteiger partial charge in [0.05, 0.1) is 22.4 Å². The molecule has 0 saturated carbocycles. The lowest BCUT2D eigenvalue weighted by Gasteiger charge is -2.45. The maximum Gasteiger partial charge on any atom is 0.197 e. The Morgan fingerprint density at radius 3 is 1.94 bits per heavy atom. The molecule has 7 aromatic rings. The Morgan fingerprint density at radius 1 is 0.531 bits per heavy atom. The highest BCUT2D eigenvalue weighted by Crippen LogP contribution is 2.64. The van der Waals surface area contributed by atoms with Crippen LogP contribution in [-0.2, 0) is 5.41 Å². The molecule has 0 aromatic heterocycles. The van der Waals surface area contributed by atoms with Crippen molar-refractivity contribution in [2.24, 2.45) is 0 Å². The third-order valence-corrected chi connectivity index (χ3v) is 10.6. The van der Waals surface area contributed by atoms with Gasteiger partial charge in [0.1, 0.15) is 0 Å². The number of anilines is 3. The predicted octanol–water partition coefficient (Wildman–Crippen LogP) is 10.8. The summed E-state index contributed by atoms with van der Waals surface area (Å²) in [5.74, 6) is -0.416. The molecule has 3 heteroatoms. The van der Waals surface area contributed by atoms with E-state index in [0.29, 0.717) is 11.1 Å². The average Bonchev–Trinajstić information content (AvgIpc) is 3.56. The van der Waals surface area contributed by atoms with Gasteiger partial charge in [0.2, 0.25) is 0 Å². The van der Waals surface area contributed by atoms with Gasteiger partial charge in [-0.25, -0.2) is 0 Å². The van der Waals surface area contributed by atoms with Crippen molar-refractivity contribution in [1.82, 2.24) is 0 Å². The van der Waals surface area contributed by atoms with E-state index in [2.05, 4.69) is 138 Å². The zero-order valence-corrected chi connectivity index (χ0v) is 26.8. The molecule has 0 radical (unpaired) electrons. The van der Waals surface area contributed by atoms with Crippen molar-refractivity contribution in [1.29, 1.82) is 0 Å². The Bertz CT molecular complexity index is 2570. The number of para-hydroxylation sites is 2. The minimum atomic E-state index is -0.569. The lowest BCUT2D eigenvalue weighted by molar-refractivity contribution is 0.0990. The molecule has 2 aliphatic carbocycles. The van der Waals surface area contributed by atoms with Crippen molar-refractivity contribution in [2.75, 3.05) is 4.90 Å². The number of carbonyl (C=O) groups excluding carboxylic acids is 2. The van der Waals surface area contributed by atoms with E-state index in [4.69, 9.17) is 0 Å². The lowest BCUT2D eigenvalue weighted by Crippen LogP contribution is -2.36. The van der Waals surface area contributed by atoms with Crippen molar-refractivity contribution in [3.63, 3.8) is 0 Å². The van der Waals surface area contributed by atoms with Crippen LogP contribution in [0.3, 0.4) is 0 Å². The van der Waals surface area contributed by atoms with Gasteiger partial charge in [0, 0.05) is 22.4 Å². The van der Waals surface area contributed by atoms with Crippen LogP contribution >= 0.6 is 0 Å². The highest BCUT2D eigenvalue weighted by molar-refractivity contribution is 6.41. The van der Waals surface area contributed by atoms with Crippen LogP contribution in [0.15, 0.2) is 157 Å². The van der Waals surface area contributed by atoms with Gasteiger partial charge in [-0.2, -0.15) is 0 Å². The summed E-state index contributed by atoms with van der Waals surface area (Å²) >= 11 is 0. The molecule has 3 aliphatic rings. The first kappa shape index (κ1) is 27.8. The van der Waals surface area contributed by atoms with Gasteiger partial charge in [-0.3, -0.25) is 9.59 Å². The molecule has 7 aromatic carbocycles. The van der Waals surface area contributed by atoms with Crippen LogP contribution in [0.5, 0.6) is 0 Å². The van der Waals surface area contributed by atoms with Crippen LogP contribution in [0.2, 0.25) is 0 Å². The zero-order chi connectivity index (χ0) is 32.9. The molecule has 1 heterocycles. The summed E-state index contributed by atoms with van der Waals surface area (Å²) in [5.41, 5.74) is 13.3. The van der Waals surface area contributed by atoms with Crippen LogP contribution < -0.4 is 4.90 Å². The van der Waals surface area contributed by atoms with Gasteiger partial charge in [-0.05, 0) is 93.6 Å². The lowest BCUT2D eigenvalue weighted by atomic mass is 9.63. The number of ketones is 2. The Morgan fingerprint density at radius 2 is 1.18 bits per heavy atom. The summed E-state index contributed by atoms with van der Waals surface area (Å²) < 4.78 is 0. The predicted molar refractivity (Wildman–Crippen MR) is 197 cm³/mol. The minimum absolute atomic E-state index is 0.206. The van der Waals surface area contributed by atoms with E-state index in [1.165, 1.54) is 33.4 Å². The first-order valence-electron chi connectivity index (χ1n) is 16.7. The summed E-state index contributed by atoms with van der Waals surface area (Å²) in [4.78, 5) is 29.2. The summed E-state index contributed by atoms with van der Waals surface area (Å²) in [5, 5.41) is 2.18. The molecule has 49 heavy (non-hydrogen) atoms. The van der Waals surface area contributed by atoms with Gasteiger partial charge in [-0.15, -0.1) is 0 Å². The van der Waals surface area contributed by atoms with Crippen LogP contribution in [0.1, 0.15) is 54.1 Å². The summed E-state index contributed by atoms with van der Waals surface area (Å²) in [7, 11) is 0. The van der Waals surface area contributed by atoms with Crippen molar-refractivity contribution >= 4 is 45.5 Å². The molecule has 0 bridgehead atoms. The second-order valence-corrected chi connectivity index (χ2v) is 13.2. The smallest absolute Gasteiger partial charge is 0.197 e. The first-order valence-corrected chi connectivity index (χ1v) is 16.7. The number of benzene rings is 7. The Labute approximate surface area is 284 Å². The minimum Gasteiger partial charge on any atom is -0.310 e. The fourth-order valence-corrected chi connectivity index (χ4v) is 8.64. The molecule has 230 valence electrons. The molecule has 1 spiro atoms. The van der Waals surface area contributed by atoms with Crippen LogP contribution in [0.4, 0.5) is 17.1 Å². The molecule has 0 unspecified atom stereocenters. The molecule has 0 amide bonds. The molecule has 10 rings (SSSR count). The van der Waals surface area contributed by atoms with Crippen LogP contribution in [0.25, 0.3) is 28.0 Å². The van der Waals surface area contributed by atoms with Gasteiger partial charge < -0.3 is 4.90 Å². The number of carbonyl (C=O) groups is 2. The highest BCUT2D eigenvalue weighted by Gasteiger charge is 2.52. The van der Waals surface area contributed by atoms with Crippen molar-refractivity contribution in [3.8, 4) is 11.1 Å². The maximum atomic E-state index is 13.4. The standard InChI is InChI=1S/C46H29NO2/c1-28-19-22-35-36(25-28)45(49)37(44(35)48)27-29-20-23-32-30(26-29)21-24-42-43(32)46(38-15-7-5-13-33(38)34-14-6-8-16-39(34)46)40-17-9-10-18-41(40)47(42)31-11-3-2-4-12-31/h2-27H,1H3/b37-27-. The molecule has 0 N–H and O–H groups in total. The molecular formula is C46H29NO2. The third-order valence-electron chi connectivity index (χ3n) is 10.6. The number of aryl methyl sites for hydroxylation is 1. The van der Waals surface area contributed by atoms with Crippen LogP contribution in [-0.4, -0.2) is 11.6 Å². The fraction of sp³-hybridized carbons (Fsp3) is 0.0435. The SMILES string of the molecule is Cc1ccc2c(c1)C(=O)/C(=C\c1ccc3c4c(ccc3c1)N(c1ccccc1)c1ccccc1C41c3ccccc3-c3ccccc31)C2=O. The topological polar surface area (TPSA) is 37.4 Å². The molecule has 1 aliphatic heterocycles. The summed E-state index contributed by atoms with van der Waals surface area (Å²) in [6.07, 6.45) is 1.76. The number of rotatable bonds is 2. The van der Waals surface area contributed by atoms with E-state index in [0.717, 1.165) is 39.0 Å². The van der Waals surface area contributed by atoms with Crippen molar-refractivity contribution < 1.29 is 9.59 Å².